The van der Waals surface area contributed by atoms with Gasteiger partial charge in [0.05, 0.1) is 6.42 Å². The molecule has 19 heavy (non-hydrogen) atoms. The van der Waals surface area contributed by atoms with E-state index in [4.69, 9.17) is 11.6 Å². The Hall–Kier alpha value is -1.09. The van der Waals surface area contributed by atoms with E-state index in [2.05, 4.69) is 0 Å². The van der Waals surface area contributed by atoms with E-state index in [1.807, 2.05) is 11.8 Å². The lowest BCUT2D eigenvalue weighted by molar-refractivity contribution is -0.131. The van der Waals surface area contributed by atoms with Crippen LogP contribution in [0, 0.1) is 11.7 Å². The maximum absolute atomic E-state index is 13.1. The van der Waals surface area contributed by atoms with Gasteiger partial charge in [-0.2, -0.15) is 0 Å². The Morgan fingerprint density at radius 1 is 1.47 bits per heavy atom. The molecule has 0 spiro atoms. The van der Waals surface area contributed by atoms with Gasteiger partial charge in [-0.3, -0.25) is 4.79 Å². The molecule has 1 heterocycles. The number of hydrogen-bond donors (Lipinski definition) is 0. The summed E-state index contributed by atoms with van der Waals surface area (Å²) in [6, 6.07) is 6.24. The fraction of sp³-hybridized carbons (Fsp3) is 0.533. The number of piperidine rings is 1. The van der Waals surface area contributed by atoms with Gasteiger partial charge in [0.15, 0.2) is 0 Å². The molecule has 1 saturated heterocycles. The minimum Gasteiger partial charge on any atom is -0.342 e. The third kappa shape index (κ3) is 3.93. The number of carbonyl (C=O) groups is 1. The zero-order valence-electron chi connectivity index (χ0n) is 11.1. The first-order chi connectivity index (χ1) is 9.06. The van der Waals surface area contributed by atoms with Crippen molar-refractivity contribution >= 4 is 17.5 Å². The van der Waals surface area contributed by atoms with Crippen LogP contribution >= 0.6 is 11.6 Å². The molecular formula is C15H19ClFNO. The van der Waals surface area contributed by atoms with E-state index in [1.165, 1.54) is 12.1 Å². The number of hydrogen-bond acceptors (Lipinski definition) is 1. The molecule has 4 heteroatoms. The summed E-state index contributed by atoms with van der Waals surface area (Å²) in [5, 5.41) is 0.167. The Bertz CT molecular complexity index is 442. The third-order valence-electron chi connectivity index (χ3n) is 3.79. The van der Waals surface area contributed by atoms with E-state index in [0.29, 0.717) is 5.92 Å². The summed E-state index contributed by atoms with van der Waals surface area (Å²) in [4.78, 5) is 14.0. The molecule has 104 valence electrons. The van der Waals surface area contributed by atoms with E-state index in [9.17, 15) is 9.18 Å². The van der Waals surface area contributed by atoms with Crippen LogP contribution in [-0.4, -0.2) is 29.3 Å². The quantitative estimate of drug-likeness (QED) is 0.780. The van der Waals surface area contributed by atoms with Crippen molar-refractivity contribution < 1.29 is 9.18 Å². The zero-order chi connectivity index (χ0) is 13.8. The van der Waals surface area contributed by atoms with E-state index in [0.717, 1.165) is 31.5 Å². The van der Waals surface area contributed by atoms with Crippen LogP contribution < -0.4 is 0 Å². The van der Waals surface area contributed by atoms with Gasteiger partial charge in [-0.15, -0.1) is 11.6 Å². The lowest BCUT2D eigenvalue weighted by Gasteiger charge is -2.33. The van der Waals surface area contributed by atoms with Crippen LogP contribution in [0.4, 0.5) is 4.39 Å². The highest BCUT2D eigenvalue weighted by Gasteiger charge is 2.25. The lowest BCUT2D eigenvalue weighted by atomic mass is 9.93. The number of rotatable bonds is 3. The molecule has 0 aliphatic carbocycles. The summed E-state index contributed by atoms with van der Waals surface area (Å²) in [5.74, 6) is 0.283. The average molecular weight is 284 g/mol. The van der Waals surface area contributed by atoms with Crippen molar-refractivity contribution in [2.45, 2.75) is 31.6 Å². The number of nitrogens with zero attached hydrogens (tertiary/aromatic N) is 1. The molecule has 1 aliphatic rings. The molecule has 0 N–H and O–H groups in total. The van der Waals surface area contributed by atoms with Crippen molar-refractivity contribution in [2.24, 2.45) is 5.92 Å². The van der Waals surface area contributed by atoms with Crippen molar-refractivity contribution in [2.75, 3.05) is 13.1 Å². The molecule has 1 amide bonds. The first kappa shape index (κ1) is 14.3. The summed E-state index contributed by atoms with van der Waals surface area (Å²) in [6.07, 6.45) is 2.19. The summed E-state index contributed by atoms with van der Waals surface area (Å²) < 4.78 is 13.1. The SMILES string of the molecule is CC(Cl)C1CCN(C(=O)Cc2cccc(F)c2)CC1. The molecule has 1 unspecified atom stereocenters. The third-order valence-corrected chi connectivity index (χ3v) is 4.14. The maximum atomic E-state index is 13.1. The van der Waals surface area contributed by atoms with E-state index >= 15 is 0 Å². The number of halogens is 2. The average Bonchev–Trinajstić information content (AvgIpc) is 2.39. The second kappa shape index (κ2) is 6.38. The van der Waals surface area contributed by atoms with Gasteiger partial charge in [0, 0.05) is 18.5 Å². The summed E-state index contributed by atoms with van der Waals surface area (Å²) in [5.41, 5.74) is 0.734. The molecule has 1 atom stereocenters. The second-order valence-corrected chi connectivity index (χ2v) is 5.89. The highest BCUT2D eigenvalue weighted by Crippen LogP contribution is 2.24. The van der Waals surface area contributed by atoms with E-state index in [-0.39, 0.29) is 23.5 Å². The Kier molecular flexibility index (Phi) is 4.81. The van der Waals surface area contributed by atoms with Crippen molar-refractivity contribution in [3.63, 3.8) is 0 Å². The minimum atomic E-state index is -0.292. The van der Waals surface area contributed by atoms with Crippen LogP contribution in [0.5, 0.6) is 0 Å². The zero-order valence-corrected chi connectivity index (χ0v) is 11.9. The number of benzene rings is 1. The Morgan fingerprint density at radius 3 is 2.74 bits per heavy atom. The molecule has 0 radical (unpaired) electrons. The Morgan fingerprint density at radius 2 is 2.16 bits per heavy atom. The van der Waals surface area contributed by atoms with Gasteiger partial charge >= 0.3 is 0 Å². The number of carbonyl (C=O) groups excluding carboxylic acids is 1. The van der Waals surface area contributed by atoms with Crippen LogP contribution in [-0.2, 0) is 11.2 Å². The summed E-state index contributed by atoms with van der Waals surface area (Å²) in [7, 11) is 0. The molecule has 0 saturated carbocycles. The Labute approximate surface area is 118 Å². The Balaban J connectivity index is 1.88. The van der Waals surface area contributed by atoms with Crippen LogP contribution in [0.25, 0.3) is 0 Å². The van der Waals surface area contributed by atoms with Gasteiger partial charge < -0.3 is 4.90 Å². The fourth-order valence-electron chi connectivity index (χ4n) is 2.54. The van der Waals surface area contributed by atoms with E-state index in [1.54, 1.807) is 12.1 Å². The topological polar surface area (TPSA) is 20.3 Å². The smallest absolute Gasteiger partial charge is 0.226 e. The van der Waals surface area contributed by atoms with Crippen LogP contribution in [0.15, 0.2) is 24.3 Å². The highest BCUT2D eigenvalue weighted by molar-refractivity contribution is 6.20. The molecular weight excluding hydrogens is 265 g/mol. The predicted octanol–water partition coefficient (Wildman–Crippen LogP) is 3.23. The van der Waals surface area contributed by atoms with Crippen molar-refractivity contribution in [3.8, 4) is 0 Å². The normalized spacial score (nSPS) is 18.4. The molecule has 0 bridgehead atoms. The van der Waals surface area contributed by atoms with Crippen LogP contribution in [0.3, 0.4) is 0 Å². The molecule has 1 aromatic carbocycles. The van der Waals surface area contributed by atoms with Crippen molar-refractivity contribution in [1.29, 1.82) is 0 Å². The van der Waals surface area contributed by atoms with Crippen LogP contribution in [0.1, 0.15) is 25.3 Å². The first-order valence-electron chi connectivity index (χ1n) is 6.72. The highest BCUT2D eigenvalue weighted by atomic mass is 35.5. The van der Waals surface area contributed by atoms with Gasteiger partial charge in [-0.05, 0) is 43.4 Å². The van der Waals surface area contributed by atoms with Crippen LogP contribution in [0.2, 0.25) is 0 Å². The van der Waals surface area contributed by atoms with Gasteiger partial charge in [-0.1, -0.05) is 12.1 Å². The largest absolute Gasteiger partial charge is 0.342 e. The second-order valence-electron chi connectivity index (χ2n) is 5.20. The van der Waals surface area contributed by atoms with Gasteiger partial charge in [0.2, 0.25) is 5.91 Å². The van der Waals surface area contributed by atoms with Gasteiger partial charge in [0.25, 0.3) is 0 Å². The van der Waals surface area contributed by atoms with Crippen molar-refractivity contribution in [1.82, 2.24) is 4.90 Å². The molecule has 2 rings (SSSR count). The lowest BCUT2D eigenvalue weighted by Crippen LogP contribution is -2.40. The minimum absolute atomic E-state index is 0.0753. The van der Waals surface area contributed by atoms with E-state index < -0.39 is 0 Å². The standard InChI is InChI=1S/C15H19ClFNO/c1-11(16)13-5-7-18(8-6-13)15(19)10-12-3-2-4-14(17)9-12/h2-4,9,11,13H,5-8,10H2,1H3. The predicted molar refractivity (Wildman–Crippen MR) is 74.7 cm³/mol. The molecule has 0 aromatic heterocycles. The monoisotopic (exact) mass is 283 g/mol. The first-order valence-corrected chi connectivity index (χ1v) is 7.16. The number of likely N-dealkylation sites (tertiary alicyclic amines) is 1. The number of amides is 1. The number of alkyl halides is 1. The molecule has 1 aromatic rings. The summed E-state index contributed by atoms with van der Waals surface area (Å²) >= 11 is 6.09. The fourth-order valence-corrected chi connectivity index (χ4v) is 2.79. The molecule has 1 fully saturated rings. The summed E-state index contributed by atoms with van der Waals surface area (Å²) in [6.45, 7) is 3.53. The van der Waals surface area contributed by atoms with Crippen molar-refractivity contribution in [3.05, 3.63) is 35.6 Å². The van der Waals surface area contributed by atoms with Gasteiger partial charge in [0.1, 0.15) is 5.82 Å². The van der Waals surface area contributed by atoms with Gasteiger partial charge in [-0.25, -0.2) is 4.39 Å². The maximum Gasteiger partial charge on any atom is 0.226 e. The molecule has 1 aliphatic heterocycles. The molecule has 2 nitrogen and oxygen atoms in total.